The van der Waals surface area contributed by atoms with Gasteiger partial charge in [0.1, 0.15) is 6.04 Å². The minimum atomic E-state index is -3.78. The van der Waals surface area contributed by atoms with Crippen LogP contribution in [0.4, 0.5) is 0 Å². The summed E-state index contributed by atoms with van der Waals surface area (Å²) in [5.74, 6) is 1.25. The van der Waals surface area contributed by atoms with Gasteiger partial charge in [0.15, 0.2) is 0 Å². The lowest BCUT2D eigenvalue weighted by Gasteiger charge is -2.39. The second-order valence-corrected chi connectivity index (χ2v) is 10.9. The third kappa shape index (κ3) is 7.69. The lowest BCUT2D eigenvalue weighted by atomic mass is 10.0. The summed E-state index contributed by atoms with van der Waals surface area (Å²) in [7, 11) is -3.78. The molecule has 1 atom stereocenters. The second-order valence-electron chi connectivity index (χ2n) is 8.48. The van der Waals surface area contributed by atoms with Crippen LogP contribution < -0.4 is 10.5 Å². The van der Waals surface area contributed by atoms with Gasteiger partial charge in [-0.2, -0.15) is 0 Å². The van der Waals surface area contributed by atoms with Gasteiger partial charge in [-0.1, -0.05) is 47.3 Å². The maximum absolute atomic E-state index is 13.2. The Balaban J connectivity index is 1.60. The van der Waals surface area contributed by atoms with Gasteiger partial charge in [-0.25, -0.2) is 13.6 Å². The molecule has 1 saturated heterocycles. The standard InChI is InChI=1S/C25H26Cl2N4O5S/c1-2-12-31-22(15-23(32)29-11-9-17-3-7-20(8-4-17)37(28,35)36)25(34)30(16-24(31)33)13-10-18-5-6-19(26)14-21(18)27/h1,3-8,14,22H,9-13,15-16H2,(H,29,32)(H2,28,35,36). The third-order valence-electron chi connectivity index (χ3n) is 5.91. The van der Waals surface area contributed by atoms with E-state index < -0.39 is 22.0 Å². The highest BCUT2D eigenvalue weighted by molar-refractivity contribution is 7.89. The number of primary sulfonamides is 1. The molecular formula is C25H26Cl2N4O5S. The highest BCUT2D eigenvalue weighted by Crippen LogP contribution is 2.23. The number of carbonyl (C=O) groups excluding carboxylic acids is 3. The summed E-state index contributed by atoms with van der Waals surface area (Å²) in [5.41, 5.74) is 1.57. The monoisotopic (exact) mass is 564 g/mol. The van der Waals surface area contributed by atoms with Crippen molar-refractivity contribution in [2.75, 3.05) is 26.2 Å². The van der Waals surface area contributed by atoms with Crippen LogP contribution >= 0.6 is 23.2 Å². The fraction of sp³-hybridized carbons (Fsp3) is 0.320. The van der Waals surface area contributed by atoms with Gasteiger partial charge in [0.05, 0.1) is 24.4 Å². The molecule has 0 spiro atoms. The molecule has 1 aliphatic rings. The summed E-state index contributed by atoms with van der Waals surface area (Å²) in [6.07, 6.45) is 6.00. The van der Waals surface area contributed by atoms with Gasteiger partial charge in [-0.05, 0) is 48.2 Å². The van der Waals surface area contributed by atoms with E-state index in [1.165, 1.54) is 21.9 Å². The summed E-state index contributed by atoms with van der Waals surface area (Å²) in [6.45, 7) is 0.257. The number of carbonyl (C=O) groups is 3. The largest absolute Gasteiger partial charge is 0.356 e. The van der Waals surface area contributed by atoms with Crippen LogP contribution in [0.3, 0.4) is 0 Å². The number of sulfonamides is 1. The molecule has 0 radical (unpaired) electrons. The summed E-state index contributed by atoms with van der Waals surface area (Å²) in [4.78, 5) is 41.3. The van der Waals surface area contributed by atoms with E-state index in [4.69, 9.17) is 34.8 Å². The Morgan fingerprint density at radius 2 is 1.84 bits per heavy atom. The first-order valence-electron chi connectivity index (χ1n) is 11.3. The maximum Gasteiger partial charge on any atom is 0.246 e. The molecule has 9 nitrogen and oxygen atoms in total. The van der Waals surface area contributed by atoms with Crippen molar-refractivity contribution in [3.05, 3.63) is 63.6 Å². The molecule has 0 aliphatic carbocycles. The van der Waals surface area contributed by atoms with Gasteiger partial charge in [0.25, 0.3) is 0 Å². The first-order valence-corrected chi connectivity index (χ1v) is 13.6. The summed E-state index contributed by atoms with van der Waals surface area (Å²) in [5, 5.41) is 8.79. The molecule has 1 unspecified atom stereocenters. The van der Waals surface area contributed by atoms with Crippen molar-refractivity contribution < 1.29 is 22.8 Å². The minimum absolute atomic E-state index is 0.00254. The molecule has 2 aromatic rings. The van der Waals surface area contributed by atoms with Crippen molar-refractivity contribution in [3.8, 4) is 12.3 Å². The predicted molar refractivity (Wildman–Crippen MR) is 140 cm³/mol. The fourth-order valence-corrected chi connectivity index (χ4v) is 4.97. The Morgan fingerprint density at radius 1 is 1.14 bits per heavy atom. The number of rotatable bonds is 10. The van der Waals surface area contributed by atoms with Crippen LogP contribution in [0.2, 0.25) is 10.0 Å². The molecule has 12 heteroatoms. The van der Waals surface area contributed by atoms with Gasteiger partial charge in [-0.3, -0.25) is 14.4 Å². The molecule has 3 amide bonds. The maximum atomic E-state index is 13.2. The van der Waals surface area contributed by atoms with E-state index in [2.05, 4.69) is 11.2 Å². The molecule has 0 aromatic heterocycles. The minimum Gasteiger partial charge on any atom is -0.356 e. The number of halogens is 2. The smallest absolute Gasteiger partial charge is 0.246 e. The van der Waals surface area contributed by atoms with E-state index in [0.717, 1.165) is 11.1 Å². The van der Waals surface area contributed by atoms with Crippen LogP contribution in [-0.4, -0.2) is 68.2 Å². The summed E-state index contributed by atoms with van der Waals surface area (Å²) >= 11 is 12.2. The van der Waals surface area contributed by atoms with Crippen LogP contribution in [0.25, 0.3) is 0 Å². The number of nitrogens with two attached hydrogens (primary N) is 1. The Morgan fingerprint density at radius 3 is 2.46 bits per heavy atom. The first kappa shape index (κ1) is 28.5. The Hall–Kier alpha value is -3.10. The molecule has 1 fully saturated rings. The van der Waals surface area contributed by atoms with Gasteiger partial charge in [0.2, 0.25) is 27.7 Å². The van der Waals surface area contributed by atoms with E-state index in [1.807, 2.05) is 0 Å². The van der Waals surface area contributed by atoms with Gasteiger partial charge < -0.3 is 15.1 Å². The Bertz CT molecular complexity index is 1330. The molecule has 37 heavy (non-hydrogen) atoms. The SMILES string of the molecule is C#CCN1C(=O)CN(CCc2ccc(Cl)cc2Cl)C(=O)C1CC(=O)NCCc1ccc(S(N)(=O)=O)cc1. The van der Waals surface area contributed by atoms with E-state index in [9.17, 15) is 22.8 Å². The van der Waals surface area contributed by atoms with E-state index in [-0.39, 0.29) is 49.3 Å². The summed E-state index contributed by atoms with van der Waals surface area (Å²) in [6, 6.07) is 10.0. The number of hydrogen-bond acceptors (Lipinski definition) is 5. The van der Waals surface area contributed by atoms with E-state index >= 15 is 0 Å². The second kappa shape index (κ2) is 12.4. The molecule has 3 rings (SSSR count). The van der Waals surface area contributed by atoms with Crippen LogP contribution in [0.5, 0.6) is 0 Å². The van der Waals surface area contributed by atoms with Crippen molar-refractivity contribution in [2.24, 2.45) is 5.14 Å². The average molecular weight is 565 g/mol. The Labute approximate surface area is 225 Å². The number of benzene rings is 2. The normalized spacial score (nSPS) is 16.0. The van der Waals surface area contributed by atoms with Gasteiger partial charge >= 0.3 is 0 Å². The summed E-state index contributed by atoms with van der Waals surface area (Å²) < 4.78 is 22.7. The average Bonchev–Trinajstić information content (AvgIpc) is 2.83. The molecule has 3 N–H and O–H groups in total. The number of piperazine rings is 1. The highest BCUT2D eigenvalue weighted by atomic mass is 35.5. The van der Waals surface area contributed by atoms with Gasteiger partial charge in [-0.15, -0.1) is 6.42 Å². The van der Waals surface area contributed by atoms with Crippen molar-refractivity contribution in [3.63, 3.8) is 0 Å². The zero-order valence-corrected chi connectivity index (χ0v) is 22.2. The number of amides is 3. The lowest BCUT2D eigenvalue weighted by Crippen LogP contribution is -2.61. The molecular weight excluding hydrogens is 539 g/mol. The van der Waals surface area contributed by atoms with Crippen LogP contribution in [-0.2, 0) is 37.2 Å². The van der Waals surface area contributed by atoms with Crippen LogP contribution in [0, 0.1) is 12.3 Å². The molecule has 2 aromatic carbocycles. The van der Waals surface area contributed by atoms with Gasteiger partial charge in [0, 0.05) is 23.1 Å². The zero-order valence-electron chi connectivity index (χ0n) is 19.8. The van der Waals surface area contributed by atoms with E-state index in [1.54, 1.807) is 30.3 Å². The van der Waals surface area contributed by atoms with Crippen LogP contribution in [0.15, 0.2) is 47.4 Å². The number of terminal acetylenes is 1. The Kier molecular flexibility index (Phi) is 9.56. The quantitative estimate of drug-likeness (QED) is 0.423. The zero-order chi connectivity index (χ0) is 27.2. The number of nitrogens with one attached hydrogen (secondary N) is 1. The molecule has 0 bridgehead atoms. The first-order chi connectivity index (χ1) is 17.5. The molecule has 1 heterocycles. The molecule has 0 saturated carbocycles. The number of hydrogen-bond donors (Lipinski definition) is 2. The third-order valence-corrected chi connectivity index (χ3v) is 7.43. The van der Waals surface area contributed by atoms with Crippen molar-refractivity contribution >= 4 is 50.9 Å². The molecule has 1 aliphatic heterocycles. The number of nitrogens with zero attached hydrogens (tertiary/aromatic N) is 2. The van der Waals surface area contributed by atoms with Crippen molar-refractivity contribution in [1.82, 2.24) is 15.1 Å². The fourth-order valence-electron chi connectivity index (χ4n) is 3.95. The molecule has 196 valence electrons. The predicted octanol–water partition coefficient (Wildman–Crippen LogP) is 1.60. The lowest BCUT2D eigenvalue weighted by molar-refractivity contribution is -0.156. The van der Waals surface area contributed by atoms with Crippen molar-refractivity contribution in [2.45, 2.75) is 30.2 Å². The highest BCUT2D eigenvalue weighted by Gasteiger charge is 2.39. The van der Waals surface area contributed by atoms with Crippen molar-refractivity contribution in [1.29, 1.82) is 0 Å². The van der Waals surface area contributed by atoms with E-state index in [0.29, 0.717) is 22.9 Å². The topological polar surface area (TPSA) is 130 Å². The van der Waals surface area contributed by atoms with Crippen LogP contribution in [0.1, 0.15) is 17.5 Å².